The number of nitrogens with zero attached hydrogens (tertiary/aromatic N) is 1. The van der Waals surface area contributed by atoms with Gasteiger partial charge < -0.3 is 14.5 Å². The summed E-state index contributed by atoms with van der Waals surface area (Å²) in [5.41, 5.74) is -1.87. The third kappa shape index (κ3) is 6.15. The van der Waals surface area contributed by atoms with Gasteiger partial charge in [0.15, 0.2) is 16.2 Å². The molecule has 3 rings (SSSR count). The number of aromatic nitrogens is 1. The van der Waals surface area contributed by atoms with Gasteiger partial charge in [0.25, 0.3) is 0 Å². The number of esters is 1. The number of hydrogen-bond acceptors (Lipinski definition) is 7. The van der Waals surface area contributed by atoms with Crippen molar-refractivity contribution in [2.24, 2.45) is 0 Å². The highest BCUT2D eigenvalue weighted by molar-refractivity contribution is 7.99. The van der Waals surface area contributed by atoms with Gasteiger partial charge in [0.2, 0.25) is 0 Å². The molecule has 0 saturated carbocycles. The van der Waals surface area contributed by atoms with Crippen molar-refractivity contribution in [3.05, 3.63) is 62.0 Å². The molecule has 0 radical (unpaired) electrons. The lowest BCUT2D eigenvalue weighted by Crippen LogP contribution is -2.25. The number of rotatable bonds is 6. The van der Waals surface area contributed by atoms with Gasteiger partial charge in [0.1, 0.15) is 16.3 Å². The molecule has 1 atom stereocenters. The van der Waals surface area contributed by atoms with Crippen LogP contribution in [0.25, 0.3) is 11.0 Å². The van der Waals surface area contributed by atoms with Crippen LogP contribution in [0.1, 0.15) is 67.8 Å². The molecule has 2 heterocycles. The lowest BCUT2D eigenvalue weighted by Gasteiger charge is -2.23. The highest BCUT2D eigenvalue weighted by Gasteiger charge is 2.33. The zero-order chi connectivity index (χ0) is 27.0. The molecule has 0 fully saturated rings. The van der Waals surface area contributed by atoms with Crippen LogP contribution in [-0.2, 0) is 10.9 Å². The van der Waals surface area contributed by atoms with Crippen LogP contribution in [0.5, 0.6) is 0 Å². The Morgan fingerprint density at radius 1 is 1.25 bits per heavy atom. The number of alkyl halides is 3. The van der Waals surface area contributed by atoms with Gasteiger partial charge in [-0.3, -0.25) is 4.79 Å². The number of anilines is 1. The molecule has 0 saturated heterocycles. The average Bonchev–Trinajstić information content (AvgIpc) is 2.76. The fraction of sp³-hybridized carbons (Fsp3) is 0.400. The first-order chi connectivity index (χ1) is 16.6. The molecule has 1 aromatic carbocycles. The summed E-state index contributed by atoms with van der Waals surface area (Å²) in [6, 6.07) is 3.84. The number of halogens is 4. The fourth-order valence-corrected chi connectivity index (χ4v) is 4.36. The first-order valence-electron chi connectivity index (χ1n) is 11.1. The Balaban J connectivity index is 2.18. The maximum absolute atomic E-state index is 13.7. The van der Waals surface area contributed by atoms with E-state index >= 15 is 0 Å². The molecule has 0 spiro atoms. The number of benzene rings is 1. The number of nitrogens with one attached hydrogen (secondary N) is 1. The maximum Gasteiger partial charge on any atom is 0.416 e. The second kappa shape index (κ2) is 10.3. The lowest BCUT2D eigenvalue weighted by molar-refractivity contribution is -0.137. The molecule has 0 aliphatic heterocycles. The van der Waals surface area contributed by atoms with Crippen molar-refractivity contribution >= 4 is 46.0 Å². The topological polar surface area (TPSA) is 81.4 Å². The summed E-state index contributed by atoms with van der Waals surface area (Å²) in [5.74, 6) is -0.147. The SMILES string of the molecule is CCSc1oc2c(C(C)Nc3ccc(Cl)nc3C(=O)OC(C)(C)C)cc(C(F)(F)F)cc2c(=O)c1C. The van der Waals surface area contributed by atoms with Gasteiger partial charge in [-0.25, -0.2) is 9.78 Å². The van der Waals surface area contributed by atoms with E-state index in [1.165, 1.54) is 30.8 Å². The summed E-state index contributed by atoms with van der Waals surface area (Å²) in [5, 5.41) is 3.23. The van der Waals surface area contributed by atoms with E-state index in [4.69, 9.17) is 20.8 Å². The van der Waals surface area contributed by atoms with Crippen LogP contribution in [0.15, 0.2) is 38.6 Å². The molecule has 1 N–H and O–H groups in total. The fourth-order valence-electron chi connectivity index (χ4n) is 3.50. The minimum absolute atomic E-state index is 0.0373. The maximum atomic E-state index is 13.7. The molecule has 6 nitrogen and oxygen atoms in total. The van der Waals surface area contributed by atoms with E-state index in [-0.39, 0.29) is 38.6 Å². The number of carbonyl (C=O) groups is 1. The molecule has 194 valence electrons. The van der Waals surface area contributed by atoms with E-state index in [0.29, 0.717) is 10.8 Å². The van der Waals surface area contributed by atoms with Crippen molar-refractivity contribution in [3.8, 4) is 0 Å². The number of pyridine rings is 1. The van der Waals surface area contributed by atoms with Crippen LogP contribution in [-0.4, -0.2) is 22.3 Å². The number of fused-ring (bicyclic) bond motifs is 1. The second-order valence-corrected chi connectivity index (χ2v) is 10.7. The van der Waals surface area contributed by atoms with Crippen molar-refractivity contribution in [2.45, 2.75) is 64.5 Å². The van der Waals surface area contributed by atoms with Crippen molar-refractivity contribution < 1.29 is 27.1 Å². The number of carbonyl (C=O) groups excluding carboxylic acids is 1. The third-order valence-electron chi connectivity index (χ3n) is 5.10. The molecule has 36 heavy (non-hydrogen) atoms. The van der Waals surface area contributed by atoms with Gasteiger partial charge in [-0.1, -0.05) is 30.3 Å². The zero-order valence-corrected chi connectivity index (χ0v) is 22.2. The summed E-state index contributed by atoms with van der Waals surface area (Å²) in [6.45, 7) is 10.1. The van der Waals surface area contributed by atoms with Gasteiger partial charge in [-0.2, -0.15) is 13.2 Å². The first-order valence-corrected chi connectivity index (χ1v) is 12.5. The summed E-state index contributed by atoms with van der Waals surface area (Å²) in [6.07, 6.45) is -4.69. The molecule has 0 bridgehead atoms. The van der Waals surface area contributed by atoms with E-state index < -0.39 is 34.8 Å². The molecule has 2 aromatic heterocycles. The van der Waals surface area contributed by atoms with Crippen molar-refractivity contribution in [3.63, 3.8) is 0 Å². The summed E-state index contributed by atoms with van der Waals surface area (Å²) >= 11 is 7.27. The third-order valence-corrected chi connectivity index (χ3v) is 6.25. The molecule has 0 aliphatic carbocycles. The van der Waals surface area contributed by atoms with Gasteiger partial charge in [-0.05, 0) is 64.6 Å². The summed E-state index contributed by atoms with van der Waals surface area (Å²) in [7, 11) is 0. The Kier molecular flexibility index (Phi) is 8.00. The normalized spacial score (nSPS) is 13.1. The van der Waals surface area contributed by atoms with E-state index in [1.807, 2.05) is 6.92 Å². The number of ether oxygens (including phenoxy) is 1. The van der Waals surface area contributed by atoms with Crippen molar-refractivity contribution in [2.75, 3.05) is 11.1 Å². The Morgan fingerprint density at radius 3 is 2.50 bits per heavy atom. The second-order valence-electron chi connectivity index (χ2n) is 9.11. The van der Waals surface area contributed by atoms with Crippen molar-refractivity contribution in [1.29, 1.82) is 0 Å². The highest BCUT2D eigenvalue weighted by atomic mass is 35.5. The number of thioether (sulfide) groups is 1. The average molecular weight is 543 g/mol. The van der Waals surface area contributed by atoms with Gasteiger partial charge in [-0.15, -0.1) is 0 Å². The minimum atomic E-state index is -4.69. The Labute approximate surface area is 215 Å². The van der Waals surface area contributed by atoms with Crippen LogP contribution >= 0.6 is 23.4 Å². The van der Waals surface area contributed by atoms with E-state index in [0.717, 1.165) is 12.1 Å². The molecule has 0 amide bonds. The smallest absolute Gasteiger partial charge is 0.416 e. The van der Waals surface area contributed by atoms with Crippen molar-refractivity contribution in [1.82, 2.24) is 4.98 Å². The van der Waals surface area contributed by atoms with E-state index in [1.54, 1.807) is 27.7 Å². The zero-order valence-electron chi connectivity index (χ0n) is 20.6. The van der Waals surface area contributed by atoms with Crippen LogP contribution in [0.4, 0.5) is 18.9 Å². The standard InChI is InChI=1S/C25H26ClF3N2O4S/c1-7-36-23-12(2)20(32)16-11-14(25(27,28)29)10-15(21(16)34-23)13(3)30-17-8-9-18(26)31-19(17)22(33)35-24(4,5)6/h8-11,13,30H,7H2,1-6H3. The van der Waals surface area contributed by atoms with Gasteiger partial charge in [0, 0.05) is 11.1 Å². The monoisotopic (exact) mass is 542 g/mol. The molecular formula is C25H26ClF3N2O4S. The molecular weight excluding hydrogens is 517 g/mol. The summed E-state index contributed by atoms with van der Waals surface area (Å²) < 4.78 is 52.6. The summed E-state index contributed by atoms with van der Waals surface area (Å²) in [4.78, 5) is 29.8. The first kappa shape index (κ1) is 27.9. The highest BCUT2D eigenvalue weighted by Crippen LogP contribution is 2.37. The lowest BCUT2D eigenvalue weighted by atomic mass is 9.99. The van der Waals surface area contributed by atoms with Crippen LogP contribution in [0.3, 0.4) is 0 Å². The predicted octanol–water partition coefficient (Wildman–Crippen LogP) is 7.41. The van der Waals surface area contributed by atoms with E-state index in [9.17, 15) is 22.8 Å². The number of hydrogen-bond donors (Lipinski definition) is 1. The van der Waals surface area contributed by atoms with E-state index in [2.05, 4.69) is 10.3 Å². The quantitative estimate of drug-likeness (QED) is 0.197. The molecule has 1 unspecified atom stereocenters. The van der Waals surface area contributed by atoms with Crippen LogP contribution in [0.2, 0.25) is 5.15 Å². The van der Waals surface area contributed by atoms with Gasteiger partial charge in [0.05, 0.1) is 22.7 Å². The predicted molar refractivity (Wildman–Crippen MR) is 135 cm³/mol. The largest absolute Gasteiger partial charge is 0.455 e. The molecule has 0 aliphatic rings. The van der Waals surface area contributed by atoms with Gasteiger partial charge >= 0.3 is 12.1 Å². The Bertz CT molecular complexity index is 1370. The molecule has 11 heteroatoms. The Morgan fingerprint density at radius 2 is 1.92 bits per heavy atom. The van der Waals surface area contributed by atoms with Crippen LogP contribution in [0, 0.1) is 6.92 Å². The Hall–Kier alpha value is -2.72. The molecule has 3 aromatic rings. The minimum Gasteiger partial charge on any atom is -0.455 e. The van der Waals surface area contributed by atoms with Crippen LogP contribution < -0.4 is 10.7 Å².